The Morgan fingerprint density at radius 1 is 0.645 bits per heavy atom. The number of rotatable bonds is 13. The van der Waals surface area contributed by atoms with Gasteiger partial charge in [0.05, 0.1) is 0 Å². The van der Waals surface area contributed by atoms with E-state index in [0.29, 0.717) is 0 Å². The van der Waals surface area contributed by atoms with Crippen LogP contribution in [0.4, 0.5) is 0 Å². The van der Waals surface area contributed by atoms with Crippen molar-refractivity contribution >= 4 is 0 Å². The molecule has 2 fully saturated rings. The van der Waals surface area contributed by atoms with Crippen LogP contribution in [0, 0.1) is 23.7 Å². The third kappa shape index (κ3) is 9.27. The number of hydrogen-bond donors (Lipinski definition) is 0. The maximum atomic E-state index is 4.79. The Morgan fingerprint density at radius 2 is 1.23 bits per heavy atom. The first-order valence-electron chi connectivity index (χ1n) is 14.2. The lowest BCUT2D eigenvalue weighted by molar-refractivity contribution is 0.211. The van der Waals surface area contributed by atoms with Crippen LogP contribution in [0.5, 0.6) is 0 Å². The third-order valence-electron chi connectivity index (χ3n) is 8.76. The molecule has 1 aromatic heterocycles. The number of aryl methyl sites for hydroxylation is 2. The summed E-state index contributed by atoms with van der Waals surface area (Å²) in [5, 5.41) is 0. The van der Waals surface area contributed by atoms with Gasteiger partial charge >= 0.3 is 0 Å². The molecule has 3 rings (SSSR count). The zero-order valence-electron chi connectivity index (χ0n) is 20.9. The van der Waals surface area contributed by atoms with Crippen LogP contribution >= 0.6 is 0 Å². The van der Waals surface area contributed by atoms with Gasteiger partial charge in [-0.3, -0.25) is 4.98 Å². The molecule has 0 spiro atoms. The van der Waals surface area contributed by atoms with E-state index < -0.39 is 0 Å². The molecule has 0 N–H and O–H groups in total. The van der Waals surface area contributed by atoms with Crippen LogP contribution in [-0.2, 0) is 12.8 Å². The maximum absolute atomic E-state index is 4.79. The Hall–Kier alpha value is -0.850. The van der Waals surface area contributed by atoms with Crippen molar-refractivity contribution in [2.75, 3.05) is 0 Å². The number of aromatic nitrogens is 1. The van der Waals surface area contributed by atoms with E-state index in [2.05, 4.69) is 32.2 Å². The van der Waals surface area contributed by atoms with Crippen LogP contribution < -0.4 is 0 Å². The fraction of sp³-hybridized carbons (Fsp3) is 0.833. The van der Waals surface area contributed by atoms with Gasteiger partial charge in [0, 0.05) is 11.9 Å². The van der Waals surface area contributed by atoms with E-state index >= 15 is 0 Å². The van der Waals surface area contributed by atoms with Gasteiger partial charge < -0.3 is 0 Å². The third-order valence-corrected chi connectivity index (χ3v) is 8.76. The summed E-state index contributed by atoms with van der Waals surface area (Å²) in [6.07, 6.45) is 29.2. The summed E-state index contributed by atoms with van der Waals surface area (Å²) >= 11 is 0. The molecular formula is C30H51N. The van der Waals surface area contributed by atoms with Crippen molar-refractivity contribution in [1.29, 1.82) is 0 Å². The van der Waals surface area contributed by atoms with Crippen molar-refractivity contribution in [3.8, 4) is 0 Å². The van der Waals surface area contributed by atoms with Gasteiger partial charge in [0.25, 0.3) is 0 Å². The average Bonchev–Trinajstić information content (AvgIpc) is 2.83. The van der Waals surface area contributed by atoms with Crippen LogP contribution in [0.2, 0.25) is 0 Å². The van der Waals surface area contributed by atoms with E-state index in [-0.39, 0.29) is 0 Å². The molecule has 0 saturated heterocycles. The highest BCUT2D eigenvalue weighted by Crippen LogP contribution is 2.38. The zero-order valence-corrected chi connectivity index (χ0v) is 20.9. The van der Waals surface area contributed by atoms with Crippen LogP contribution in [0.15, 0.2) is 18.3 Å². The molecule has 0 amide bonds. The number of unbranched alkanes of at least 4 members (excludes halogenated alkanes) is 4. The Kier molecular flexibility index (Phi) is 11.5. The topological polar surface area (TPSA) is 12.9 Å². The molecule has 1 aromatic rings. The molecular weight excluding hydrogens is 374 g/mol. The molecule has 2 aliphatic rings. The molecule has 2 aliphatic carbocycles. The number of nitrogens with zero attached hydrogens (tertiary/aromatic N) is 1. The lowest BCUT2D eigenvalue weighted by atomic mass is 9.74. The summed E-state index contributed by atoms with van der Waals surface area (Å²) in [5.74, 6) is 4.10. The second-order valence-electron chi connectivity index (χ2n) is 11.1. The molecule has 1 heteroatoms. The zero-order chi connectivity index (χ0) is 21.7. The average molecular weight is 426 g/mol. The summed E-state index contributed by atoms with van der Waals surface area (Å²) in [6.45, 7) is 4.67. The first-order chi connectivity index (χ1) is 15.3. The Balaban J connectivity index is 1.25. The van der Waals surface area contributed by atoms with Gasteiger partial charge in [-0.25, -0.2) is 0 Å². The fourth-order valence-corrected chi connectivity index (χ4v) is 6.24. The molecule has 0 radical (unpaired) electrons. The minimum absolute atomic E-state index is 0.955. The van der Waals surface area contributed by atoms with Gasteiger partial charge in [-0.1, -0.05) is 116 Å². The molecule has 1 nitrogen and oxygen atoms in total. The van der Waals surface area contributed by atoms with Crippen molar-refractivity contribution in [3.05, 3.63) is 29.6 Å². The van der Waals surface area contributed by atoms with E-state index in [9.17, 15) is 0 Å². The summed E-state index contributed by atoms with van der Waals surface area (Å²) in [6, 6.07) is 4.65. The van der Waals surface area contributed by atoms with Gasteiger partial charge in [0.2, 0.25) is 0 Å². The summed E-state index contributed by atoms with van der Waals surface area (Å²) in [7, 11) is 0. The van der Waals surface area contributed by atoms with E-state index in [1.807, 2.05) is 0 Å². The largest absolute Gasteiger partial charge is 0.261 e. The van der Waals surface area contributed by atoms with Crippen molar-refractivity contribution in [3.63, 3.8) is 0 Å². The van der Waals surface area contributed by atoms with Crippen molar-refractivity contribution in [2.24, 2.45) is 23.7 Å². The summed E-state index contributed by atoms with van der Waals surface area (Å²) in [5.41, 5.74) is 2.75. The predicted molar refractivity (Wildman–Crippen MR) is 135 cm³/mol. The maximum Gasteiger partial charge on any atom is 0.0403 e. The smallest absolute Gasteiger partial charge is 0.0403 e. The molecule has 0 unspecified atom stereocenters. The molecule has 0 atom stereocenters. The second kappa shape index (κ2) is 14.3. The first-order valence-corrected chi connectivity index (χ1v) is 14.2. The van der Waals surface area contributed by atoms with Gasteiger partial charge in [0.15, 0.2) is 0 Å². The van der Waals surface area contributed by atoms with Gasteiger partial charge in [0.1, 0.15) is 0 Å². The highest BCUT2D eigenvalue weighted by molar-refractivity contribution is 5.14. The minimum atomic E-state index is 0.955. The van der Waals surface area contributed by atoms with Crippen LogP contribution in [0.3, 0.4) is 0 Å². The van der Waals surface area contributed by atoms with Gasteiger partial charge in [-0.15, -0.1) is 0 Å². The Morgan fingerprint density at radius 3 is 1.77 bits per heavy atom. The number of hydrogen-bond acceptors (Lipinski definition) is 1. The highest BCUT2D eigenvalue weighted by Gasteiger charge is 2.24. The predicted octanol–water partition coefficient (Wildman–Crippen LogP) is 9.33. The normalized spacial score (nSPS) is 26.8. The van der Waals surface area contributed by atoms with E-state index in [4.69, 9.17) is 4.98 Å². The Labute approximate surface area is 194 Å². The van der Waals surface area contributed by atoms with Crippen LogP contribution in [0.25, 0.3) is 0 Å². The minimum Gasteiger partial charge on any atom is -0.261 e. The fourth-order valence-electron chi connectivity index (χ4n) is 6.24. The molecule has 1 heterocycles. The summed E-state index contributed by atoms with van der Waals surface area (Å²) in [4.78, 5) is 4.79. The van der Waals surface area contributed by atoms with Gasteiger partial charge in [-0.05, 0) is 61.0 Å². The second-order valence-corrected chi connectivity index (χ2v) is 11.1. The van der Waals surface area contributed by atoms with Crippen LogP contribution in [0.1, 0.15) is 134 Å². The SMILES string of the molecule is CCCCCCCc1ccc(CC[C@H]2CC[C@H](CC[C@H]3CC[C@H](CC)CC3)CC2)nc1. The van der Waals surface area contributed by atoms with Crippen molar-refractivity contribution in [2.45, 2.75) is 136 Å². The lowest BCUT2D eigenvalue weighted by Crippen LogP contribution is -2.18. The van der Waals surface area contributed by atoms with Gasteiger partial charge in [-0.2, -0.15) is 0 Å². The molecule has 31 heavy (non-hydrogen) atoms. The molecule has 176 valence electrons. The molecule has 0 bridgehead atoms. The van der Waals surface area contributed by atoms with Crippen LogP contribution in [-0.4, -0.2) is 4.98 Å². The van der Waals surface area contributed by atoms with E-state index in [0.717, 1.165) is 23.7 Å². The monoisotopic (exact) mass is 425 g/mol. The van der Waals surface area contributed by atoms with E-state index in [1.54, 1.807) is 0 Å². The molecule has 2 saturated carbocycles. The van der Waals surface area contributed by atoms with Crippen molar-refractivity contribution in [1.82, 2.24) is 4.98 Å². The molecule has 0 aliphatic heterocycles. The lowest BCUT2D eigenvalue weighted by Gasteiger charge is -2.31. The molecule has 0 aromatic carbocycles. The van der Waals surface area contributed by atoms with Crippen molar-refractivity contribution < 1.29 is 0 Å². The standard InChI is InChI=1S/C30H51N/c1-3-5-6-7-8-9-29-21-23-30(31-24-29)22-20-28-18-16-27(17-19-28)15-14-26-12-10-25(4-2)11-13-26/h21,23-28H,3-20,22H2,1-2H3/t25-,26-,27-,28-. The highest BCUT2D eigenvalue weighted by atomic mass is 14.7. The van der Waals surface area contributed by atoms with E-state index in [1.165, 1.54) is 133 Å². The quantitative estimate of drug-likeness (QED) is 0.287. The Bertz CT molecular complexity index is 561. The first kappa shape index (κ1) is 24.8. The number of pyridine rings is 1. The summed E-state index contributed by atoms with van der Waals surface area (Å²) < 4.78 is 0.